The molecule has 0 aliphatic carbocycles. The molecule has 0 aromatic carbocycles. The molecular weight excluding hydrogens is 252 g/mol. The average Bonchev–Trinajstić information content (AvgIpc) is 2.51. The Morgan fingerprint density at radius 3 is 2.10 bits per heavy atom. The van der Waals surface area contributed by atoms with Gasteiger partial charge in [0.1, 0.15) is 0 Å². The fourth-order valence-electron chi connectivity index (χ4n) is 1.81. The van der Waals surface area contributed by atoms with E-state index in [0.29, 0.717) is 13.0 Å². The van der Waals surface area contributed by atoms with Gasteiger partial charge in [-0.15, -0.1) is 0 Å². The van der Waals surface area contributed by atoms with Gasteiger partial charge < -0.3 is 14.5 Å². The minimum atomic E-state index is -0.0454. The van der Waals surface area contributed by atoms with Crippen LogP contribution in [0.2, 0.25) is 0 Å². The number of rotatable bonds is 6. The van der Waals surface area contributed by atoms with E-state index < -0.39 is 0 Å². The number of carbonyl (C=O) groups excluding carboxylic acids is 1. The van der Waals surface area contributed by atoms with E-state index >= 15 is 0 Å². The van der Waals surface area contributed by atoms with Crippen molar-refractivity contribution in [2.75, 3.05) is 46.4 Å². The molecule has 0 aromatic heterocycles. The van der Waals surface area contributed by atoms with E-state index in [9.17, 15) is 4.79 Å². The average molecular weight is 288 g/mol. The fraction of sp³-hybridized carbons (Fsp3) is 0.938. The number of ether oxygens (including phenoxy) is 1. The van der Waals surface area contributed by atoms with Gasteiger partial charge in [-0.2, -0.15) is 0 Å². The first-order valence-corrected chi connectivity index (χ1v) is 8.29. The Morgan fingerprint density at radius 2 is 1.60 bits per heavy atom. The molecule has 0 aromatic rings. The van der Waals surface area contributed by atoms with Crippen LogP contribution in [0.3, 0.4) is 0 Å². The maximum absolute atomic E-state index is 11.2. The Labute approximate surface area is 126 Å². The van der Waals surface area contributed by atoms with Gasteiger partial charge in [-0.05, 0) is 26.4 Å². The van der Waals surface area contributed by atoms with Gasteiger partial charge >= 0.3 is 5.97 Å². The molecule has 0 spiro atoms. The molecule has 122 valence electrons. The second-order valence-corrected chi connectivity index (χ2v) is 4.47. The zero-order valence-corrected chi connectivity index (χ0v) is 14.6. The monoisotopic (exact) mass is 288 g/mol. The van der Waals surface area contributed by atoms with Gasteiger partial charge in [-0.1, -0.05) is 34.6 Å². The molecule has 1 aliphatic heterocycles. The summed E-state index contributed by atoms with van der Waals surface area (Å²) in [6.07, 6.45) is 2.39. The molecule has 0 radical (unpaired) electrons. The number of nitrogens with zero attached hydrogens (tertiary/aromatic N) is 2. The first kappa shape index (κ1) is 21.7. The third-order valence-electron chi connectivity index (χ3n) is 2.92. The summed E-state index contributed by atoms with van der Waals surface area (Å²) in [6.45, 7) is 16.1. The molecule has 0 atom stereocenters. The van der Waals surface area contributed by atoms with Gasteiger partial charge in [0, 0.05) is 32.6 Å². The minimum Gasteiger partial charge on any atom is -0.466 e. The van der Waals surface area contributed by atoms with Gasteiger partial charge in [-0.25, -0.2) is 0 Å². The largest absolute Gasteiger partial charge is 0.466 e. The molecule has 4 nitrogen and oxygen atoms in total. The topological polar surface area (TPSA) is 32.8 Å². The molecule has 1 rings (SSSR count). The number of hydrogen-bond donors (Lipinski definition) is 0. The van der Waals surface area contributed by atoms with E-state index in [1.54, 1.807) is 0 Å². The first-order valence-electron chi connectivity index (χ1n) is 8.29. The number of carbonyl (C=O) groups is 1. The lowest BCUT2D eigenvalue weighted by atomic mass is 10.2. The molecule has 0 saturated carbocycles. The van der Waals surface area contributed by atoms with Crippen molar-refractivity contribution < 1.29 is 9.53 Å². The highest BCUT2D eigenvalue weighted by atomic mass is 16.5. The third kappa shape index (κ3) is 12.4. The number of likely N-dealkylation sites (N-methyl/N-ethyl adjacent to an activating group) is 1. The molecule has 1 fully saturated rings. The highest BCUT2D eigenvalue weighted by Crippen LogP contribution is 2.02. The summed E-state index contributed by atoms with van der Waals surface area (Å²) in [5, 5.41) is 0. The van der Waals surface area contributed by atoms with Crippen LogP contribution in [0.15, 0.2) is 0 Å². The molecule has 4 heteroatoms. The van der Waals surface area contributed by atoms with Crippen LogP contribution in [0.5, 0.6) is 0 Å². The van der Waals surface area contributed by atoms with Crippen LogP contribution in [-0.4, -0.2) is 62.1 Å². The Hall–Kier alpha value is -0.610. The van der Waals surface area contributed by atoms with E-state index in [4.69, 9.17) is 4.74 Å². The van der Waals surface area contributed by atoms with Gasteiger partial charge in [0.25, 0.3) is 0 Å². The summed E-state index contributed by atoms with van der Waals surface area (Å²) in [5.41, 5.74) is 0. The van der Waals surface area contributed by atoms with Gasteiger partial charge in [0.15, 0.2) is 0 Å². The van der Waals surface area contributed by atoms with Gasteiger partial charge in [-0.3, -0.25) is 4.79 Å². The Balaban J connectivity index is 0. The van der Waals surface area contributed by atoms with E-state index in [2.05, 4.69) is 16.8 Å². The number of piperazine rings is 1. The van der Waals surface area contributed by atoms with Crippen molar-refractivity contribution in [2.24, 2.45) is 0 Å². The second-order valence-electron chi connectivity index (χ2n) is 4.47. The van der Waals surface area contributed by atoms with Crippen molar-refractivity contribution in [2.45, 2.75) is 53.9 Å². The SMILES string of the molecule is CC.CC.CCCOC(=O)CCCN1CCN(C)CC1. The Bertz CT molecular complexity index is 203. The zero-order valence-electron chi connectivity index (χ0n) is 14.6. The van der Waals surface area contributed by atoms with Crippen LogP contribution >= 0.6 is 0 Å². The summed E-state index contributed by atoms with van der Waals surface area (Å²) in [4.78, 5) is 16.0. The molecule has 1 heterocycles. The van der Waals surface area contributed by atoms with Crippen molar-refractivity contribution in [3.05, 3.63) is 0 Å². The molecule has 0 N–H and O–H groups in total. The summed E-state index contributed by atoms with van der Waals surface area (Å²) >= 11 is 0. The Morgan fingerprint density at radius 1 is 1.05 bits per heavy atom. The van der Waals surface area contributed by atoms with Crippen LogP contribution in [0.25, 0.3) is 0 Å². The first-order chi connectivity index (χ1) is 9.72. The van der Waals surface area contributed by atoms with E-state index in [1.807, 2.05) is 34.6 Å². The van der Waals surface area contributed by atoms with Crippen LogP contribution in [0.1, 0.15) is 53.9 Å². The van der Waals surface area contributed by atoms with Crippen LogP contribution in [-0.2, 0) is 9.53 Å². The Kier molecular flexibility index (Phi) is 17.8. The molecular formula is C16H36N2O2. The summed E-state index contributed by atoms with van der Waals surface area (Å²) in [7, 11) is 2.15. The fourth-order valence-corrected chi connectivity index (χ4v) is 1.81. The smallest absolute Gasteiger partial charge is 0.305 e. The second kappa shape index (κ2) is 16.4. The molecule has 0 unspecified atom stereocenters. The van der Waals surface area contributed by atoms with Crippen molar-refractivity contribution in [3.63, 3.8) is 0 Å². The van der Waals surface area contributed by atoms with Crippen LogP contribution in [0, 0.1) is 0 Å². The van der Waals surface area contributed by atoms with E-state index in [0.717, 1.165) is 45.6 Å². The van der Waals surface area contributed by atoms with E-state index in [-0.39, 0.29) is 5.97 Å². The standard InChI is InChI=1S/C12H24N2O2.2C2H6/c1-3-11-16-12(15)5-4-6-14-9-7-13(2)8-10-14;2*1-2/h3-11H2,1-2H3;2*1-2H3. The van der Waals surface area contributed by atoms with Crippen molar-refractivity contribution in [1.29, 1.82) is 0 Å². The van der Waals surface area contributed by atoms with Crippen LogP contribution < -0.4 is 0 Å². The van der Waals surface area contributed by atoms with Crippen molar-refractivity contribution >= 4 is 5.97 Å². The highest BCUT2D eigenvalue weighted by molar-refractivity contribution is 5.69. The maximum Gasteiger partial charge on any atom is 0.305 e. The summed E-state index contributed by atoms with van der Waals surface area (Å²) in [6, 6.07) is 0. The lowest BCUT2D eigenvalue weighted by Crippen LogP contribution is -2.44. The van der Waals surface area contributed by atoms with Crippen LogP contribution in [0.4, 0.5) is 0 Å². The molecule has 0 bridgehead atoms. The number of esters is 1. The predicted molar refractivity (Wildman–Crippen MR) is 87.1 cm³/mol. The molecule has 1 aliphatic rings. The lowest BCUT2D eigenvalue weighted by molar-refractivity contribution is -0.143. The molecule has 0 amide bonds. The number of hydrogen-bond acceptors (Lipinski definition) is 4. The molecule has 20 heavy (non-hydrogen) atoms. The van der Waals surface area contributed by atoms with E-state index in [1.165, 1.54) is 0 Å². The van der Waals surface area contributed by atoms with Crippen molar-refractivity contribution in [3.8, 4) is 0 Å². The zero-order chi connectivity index (χ0) is 15.8. The molecule has 1 saturated heterocycles. The van der Waals surface area contributed by atoms with Crippen molar-refractivity contribution in [1.82, 2.24) is 9.80 Å². The lowest BCUT2D eigenvalue weighted by Gasteiger charge is -2.32. The maximum atomic E-state index is 11.2. The predicted octanol–water partition coefficient (Wildman–Crippen LogP) is 3.02. The third-order valence-corrected chi connectivity index (χ3v) is 2.92. The van der Waals surface area contributed by atoms with Gasteiger partial charge in [0.2, 0.25) is 0 Å². The summed E-state index contributed by atoms with van der Waals surface area (Å²) < 4.78 is 5.03. The normalized spacial score (nSPS) is 15.5. The minimum absolute atomic E-state index is 0.0454. The quantitative estimate of drug-likeness (QED) is 0.703. The van der Waals surface area contributed by atoms with Gasteiger partial charge in [0.05, 0.1) is 6.61 Å². The summed E-state index contributed by atoms with van der Waals surface area (Å²) in [5.74, 6) is -0.0454. The highest BCUT2D eigenvalue weighted by Gasteiger charge is 2.13.